The summed E-state index contributed by atoms with van der Waals surface area (Å²) in [5.74, 6) is 1.14. The summed E-state index contributed by atoms with van der Waals surface area (Å²) < 4.78 is 1.93. The van der Waals surface area contributed by atoms with Gasteiger partial charge in [0.25, 0.3) is 5.91 Å². The largest absolute Gasteiger partial charge is 0.352 e. The molecule has 3 heterocycles. The number of anilines is 3. The first-order chi connectivity index (χ1) is 14.6. The van der Waals surface area contributed by atoms with Crippen molar-refractivity contribution in [2.24, 2.45) is 0 Å². The summed E-state index contributed by atoms with van der Waals surface area (Å²) in [7, 11) is 0. The van der Waals surface area contributed by atoms with Gasteiger partial charge in [0.1, 0.15) is 5.82 Å². The minimum Gasteiger partial charge on any atom is -0.352 e. The molecule has 0 radical (unpaired) electrons. The Morgan fingerprint density at radius 1 is 1.00 bits per heavy atom. The van der Waals surface area contributed by atoms with E-state index in [1.165, 1.54) is 5.56 Å². The predicted molar refractivity (Wildman–Crippen MR) is 119 cm³/mol. The number of aromatic nitrogens is 3. The molecule has 0 aliphatic carbocycles. The van der Waals surface area contributed by atoms with Crippen molar-refractivity contribution >= 4 is 28.9 Å². The monoisotopic (exact) mass is 400 g/mol. The third kappa shape index (κ3) is 4.75. The van der Waals surface area contributed by atoms with Crippen LogP contribution in [0.3, 0.4) is 0 Å². The Morgan fingerprint density at radius 2 is 1.83 bits per heavy atom. The molecule has 1 aromatic carbocycles. The van der Waals surface area contributed by atoms with E-state index in [2.05, 4.69) is 32.8 Å². The van der Waals surface area contributed by atoms with Crippen molar-refractivity contribution in [1.29, 1.82) is 0 Å². The van der Waals surface area contributed by atoms with E-state index in [1.807, 2.05) is 78.3 Å². The van der Waals surface area contributed by atoms with Crippen molar-refractivity contribution in [3.63, 3.8) is 0 Å². The molecule has 0 spiro atoms. The Hall–Kier alpha value is -3.87. The van der Waals surface area contributed by atoms with Gasteiger partial charge < -0.3 is 20.4 Å². The van der Waals surface area contributed by atoms with Gasteiger partial charge in [0.2, 0.25) is 5.95 Å². The van der Waals surface area contributed by atoms with E-state index in [-0.39, 0.29) is 5.91 Å². The molecule has 0 saturated heterocycles. The maximum atomic E-state index is 12.4. The third-order valence-electron chi connectivity index (χ3n) is 4.64. The second-order valence-corrected chi connectivity index (χ2v) is 7.15. The van der Waals surface area contributed by atoms with Gasteiger partial charge in [-0.25, -0.2) is 4.98 Å². The van der Waals surface area contributed by atoms with Crippen LogP contribution < -0.4 is 16.0 Å². The smallest absolute Gasteiger partial charge is 0.252 e. The number of rotatable bonds is 7. The molecular formula is C23H24N6O. The Morgan fingerprint density at radius 3 is 2.63 bits per heavy atom. The second-order valence-electron chi connectivity index (χ2n) is 7.15. The normalized spacial score (nSPS) is 10.7. The Labute approximate surface area is 175 Å². The summed E-state index contributed by atoms with van der Waals surface area (Å²) in [5, 5.41) is 9.38. The van der Waals surface area contributed by atoms with Crippen LogP contribution in [-0.2, 0) is 0 Å². The first-order valence-corrected chi connectivity index (χ1v) is 9.85. The van der Waals surface area contributed by atoms with Gasteiger partial charge in [-0.05, 0) is 44.2 Å². The van der Waals surface area contributed by atoms with Crippen molar-refractivity contribution in [2.45, 2.75) is 13.8 Å². The van der Waals surface area contributed by atoms with Gasteiger partial charge in [0, 0.05) is 48.4 Å². The first kappa shape index (κ1) is 19.4. The molecule has 4 rings (SSSR count). The number of hydrogen-bond donors (Lipinski definition) is 3. The number of amides is 1. The molecule has 30 heavy (non-hydrogen) atoms. The van der Waals surface area contributed by atoms with Crippen LogP contribution in [0.2, 0.25) is 0 Å². The number of nitrogens with zero attached hydrogens (tertiary/aromatic N) is 3. The number of pyridine rings is 1. The fourth-order valence-electron chi connectivity index (χ4n) is 3.13. The molecule has 152 valence electrons. The van der Waals surface area contributed by atoms with Crippen LogP contribution in [-0.4, -0.2) is 33.4 Å². The van der Waals surface area contributed by atoms with Crippen LogP contribution in [0.25, 0.3) is 5.52 Å². The summed E-state index contributed by atoms with van der Waals surface area (Å²) in [4.78, 5) is 21.3. The molecule has 4 aromatic rings. The van der Waals surface area contributed by atoms with Crippen LogP contribution in [0, 0.1) is 13.8 Å². The lowest BCUT2D eigenvalue weighted by Gasteiger charge is -2.10. The molecule has 0 aliphatic rings. The summed E-state index contributed by atoms with van der Waals surface area (Å²) in [6.45, 7) is 4.96. The molecular weight excluding hydrogens is 376 g/mol. The summed E-state index contributed by atoms with van der Waals surface area (Å²) >= 11 is 0. The van der Waals surface area contributed by atoms with E-state index in [0.717, 1.165) is 22.7 Å². The van der Waals surface area contributed by atoms with Crippen LogP contribution in [0.5, 0.6) is 0 Å². The molecule has 0 atom stereocenters. The number of fused-ring (bicyclic) bond motifs is 1. The number of benzene rings is 1. The topological polar surface area (TPSA) is 83.4 Å². The second kappa shape index (κ2) is 8.65. The highest BCUT2D eigenvalue weighted by atomic mass is 16.1. The van der Waals surface area contributed by atoms with Crippen molar-refractivity contribution in [3.8, 4) is 0 Å². The highest BCUT2D eigenvalue weighted by molar-refractivity contribution is 5.95. The van der Waals surface area contributed by atoms with E-state index in [1.54, 1.807) is 0 Å². The highest BCUT2D eigenvalue weighted by Crippen LogP contribution is 2.17. The third-order valence-corrected chi connectivity index (χ3v) is 4.64. The zero-order chi connectivity index (χ0) is 20.9. The van der Waals surface area contributed by atoms with E-state index >= 15 is 0 Å². The molecule has 0 aliphatic heterocycles. The number of aryl methyl sites for hydroxylation is 2. The minimum absolute atomic E-state index is 0.104. The van der Waals surface area contributed by atoms with Crippen molar-refractivity contribution in [1.82, 2.24) is 19.7 Å². The SMILES string of the molecule is Cc1ccc(Nc2cc(C)nc(NCCNC(=O)c3cc4ccccn4c3)n2)cc1. The maximum Gasteiger partial charge on any atom is 0.252 e. The predicted octanol–water partition coefficient (Wildman–Crippen LogP) is 3.93. The van der Waals surface area contributed by atoms with Crippen LogP contribution in [0.15, 0.2) is 67.0 Å². The standard InChI is InChI=1S/C23H24N6O/c1-16-6-8-19(9-7-16)27-21-13-17(2)26-23(28-21)25-11-10-24-22(30)18-14-20-5-3-4-12-29(20)15-18/h3-9,12-15H,10-11H2,1-2H3,(H,24,30)(H2,25,26,27,28). The fraction of sp³-hybridized carbons (Fsp3) is 0.174. The van der Waals surface area contributed by atoms with Gasteiger partial charge in [0.15, 0.2) is 0 Å². The molecule has 7 heteroatoms. The van der Waals surface area contributed by atoms with Gasteiger partial charge in [0.05, 0.1) is 5.56 Å². The van der Waals surface area contributed by atoms with Crippen molar-refractivity contribution < 1.29 is 4.79 Å². The van der Waals surface area contributed by atoms with Gasteiger partial charge in [-0.1, -0.05) is 23.8 Å². The Bertz CT molecular complexity index is 1130. The summed E-state index contributed by atoms with van der Waals surface area (Å²) in [6, 6.07) is 17.7. The van der Waals surface area contributed by atoms with E-state index in [9.17, 15) is 4.79 Å². The quantitative estimate of drug-likeness (QED) is 0.410. The number of nitrogens with one attached hydrogen (secondary N) is 3. The van der Waals surface area contributed by atoms with E-state index in [0.29, 0.717) is 24.6 Å². The van der Waals surface area contributed by atoms with Gasteiger partial charge in [-0.15, -0.1) is 0 Å². The number of carbonyl (C=O) groups is 1. The lowest BCUT2D eigenvalue weighted by atomic mass is 10.2. The number of hydrogen-bond acceptors (Lipinski definition) is 5. The molecule has 1 amide bonds. The Balaban J connectivity index is 1.31. The molecule has 0 bridgehead atoms. The molecule has 0 unspecified atom stereocenters. The number of carbonyl (C=O) groups excluding carboxylic acids is 1. The van der Waals surface area contributed by atoms with Gasteiger partial charge >= 0.3 is 0 Å². The van der Waals surface area contributed by atoms with Crippen molar-refractivity contribution in [3.05, 3.63) is 83.8 Å². The van der Waals surface area contributed by atoms with Crippen LogP contribution in [0.4, 0.5) is 17.5 Å². The zero-order valence-electron chi connectivity index (χ0n) is 17.0. The zero-order valence-corrected chi connectivity index (χ0v) is 17.0. The van der Waals surface area contributed by atoms with Gasteiger partial charge in [-0.2, -0.15) is 4.98 Å². The van der Waals surface area contributed by atoms with E-state index in [4.69, 9.17) is 0 Å². The molecule has 3 aromatic heterocycles. The van der Waals surface area contributed by atoms with Crippen molar-refractivity contribution in [2.75, 3.05) is 23.7 Å². The Kier molecular flexibility index (Phi) is 5.61. The van der Waals surface area contributed by atoms with E-state index < -0.39 is 0 Å². The molecule has 7 nitrogen and oxygen atoms in total. The lowest BCUT2D eigenvalue weighted by molar-refractivity contribution is 0.0955. The maximum absolute atomic E-state index is 12.4. The average molecular weight is 400 g/mol. The lowest BCUT2D eigenvalue weighted by Crippen LogP contribution is -2.28. The summed E-state index contributed by atoms with van der Waals surface area (Å²) in [5.41, 5.74) is 4.65. The van der Waals surface area contributed by atoms with Gasteiger partial charge in [-0.3, -0.25) is 4.79 Å². The van der Waals surface area contributed by atoms with Crippen LogP contribution >= 0.6 is 0 Å². The highest BCUT2D eigenvalue weighted by Gasteiger charge is 2.08. The molecule has 0 fully saturated rings. The first-order valence-electron chi connectivity index (χ1n) is 9.85. The average Bonchev–Trinajstić information content (AvgIpc) is 3.17. The summed E-state index contributed by atoms with van der Waals surface area (Å²) in [6.07, 6.45) is 3.75. The fourth-order valence-corrected chi connectivity index (χ4v) is 3.13. The van der Waals surface area contributed by atoms with Crippen LogP contribution in [0.1, 0.15) is 21.6 Å². The minimum atomic E-state index is -0.104. The molecule has 0 saturated carbocycles. The molecule has 3 N–H and O–H groups in total.